The van der Waals surface area contributed by atoms with Crippen LogP contribution in [0, 0.1) is 5.92 Å². The number of carbonyl (C=O) groups is 1. The van der Waals surface area contributed by atoms with Crippen LogP contribution in [-0.4, -0.2) is 26.0 Å². The van der Waals surface area contributed by atoms with E-state index in [9.17, 15) is 4.79 Å². The van der Waals surface area contributed by atoms with Crippen LogP contribution < -0.4 is 5.32 Å². The van der Waals surface area contributed by atoms with Gasteiger partial charge in [-0.2, -0.15) is 4.98 Å². The SMILES string of the molecule is CC(C)C(NC(=O)Cc1csc(-c2ccco2)n1)c1nc(-c2ccncc2)no1. The first kappa shape index (κ1) is 19.0. The molecule has 148 valence electrons. The Hall–Kier alpha value is -3.33. The molecule has 1 unspecified atom stereocenters. The van der Waals surface area contributed by atoms with Crippen molar-refractivity contribution in [1.29, 1.82) is 0 Å². The molecule has 4 aromatic heterocycles. The first-order valence-electron chi connectivity index (χ1n) is 9.12. The van der Waals surface area contributed by atoms with Crippen LogP contribution >= 0.6 is 11.3 Å². The number of aromatic nitrogens is 4. The summed E-state index contributed by atoms with van der Waals surface area (Å²) in [7, 11) is 0. The minimum Gasteiger partial charge on any atom is -0.462 e. The Morgan fingerprint density at radius 2 is 2.03 bits per heavy atom. The van der Waals surface area contributed by atoms with Crippen LogP contribution in [0.5, 0.6) is 0 Å². The lowest BCUT2D eigenvalue weighted by molar-refractivity contribution is -0.121. The molecule has 0 fully saturated rings. The molecule has 0 bridgehead atoms. The molecule has 0 aliphatic heterocycles. The van der Waals surface area contributed by atoms with Crippen molar-refractivity contribution in [2.45, 2.75) is 26.3 Å². The maximum atomic E-state index is 12.6. The molecule has 0 aromatic carbocycles. The summed E-state index contributed by atoms with van der Waals surface area (Å²) in [5.41, 5.74) is 1.49. The largest absolute Gasteiger partial charge is 0.462 e. The van der Waals surface area contributed by atoms with Crippen LogP contribution in [0.25, 0.3) is 22.2 Å². The molecule has 1 amide bonds. The van der Waals surface area contributed by atoms with Crippen LogP contribution in [-0.2, 0) is 11.2 Å². The molecule has 4 rings (SSSR count). The van der Waals surface area contributed by atoms with Gasteiger partial charge in [-0.25, -0.2) is 4.98 Å². The fourth-order valence-electron chi connectivity index (χ4n) is 2.78. The van der Waals surface area contributed by atoms with Gasteiger partial charge in [0, 0.05) is 23.3 Å². The summed E-state index contributed by atoms with van der Waals surface area (Å²) in [6.45, 7) is 3.97. The molecule has 0 spiro atoms. The molecule has 4 heterocycles. The number of pyridine rings is 1. The summed E-state index contributed by atoms with van der Waals surface area (Å²) in [6.07, 6.45) is 5.09. The molecule has 4 aromatic rings. The van der Waals surface area contributed by atoms with Gasteiger partial charge in [0.25, 0.3) is 0 Å². The highest BCUT2D eigenvalue weighted by atomic mass is 32.1. The topological polar surface area (TPSA) is 107 Å². The number of hydrogen-bond donors (Lipinski definition) is 1. The van der Waals surface area contributed by atoms with Crippen molar-refractivity contribution >= 4 is 17.2 Å². The van der Waals surface area contributed by atoms with E-state index >= 15 is 0 Å². The van der Waals surface area contributed by atoms with Gasteiger partial charge in [0.1, 0.15) is 6.04 Å². The van der Waals surface area contributed by atoms with Crippen molar-refractivity contribution in [2.24, 2.45) is 5.92 Å². The van der Waals surface area contributed by atoms with Crippen LogP contribution in [0.2, 0.25) is 0 Å². The first-order chi connectivity index (χ1) is 14.1. The summed E-state index contributed by atoms with van der Waals surface area (Å²) in [4.78, 5) is 25.5. The van der Waals surface area contributed by atoms with Gasteiger partial charge in [0.2, 0.25) is 17.6 Å². The molecule has 1 N–H and O–H groups in total. The van der Waals surface area contributed by atoms with E-state index < -0.39 is 6.04 Å². The predicted molar refractivity (Wildman–Crippen MR) is 107 cm³/mol. The van der Waals surface area contributed by atoms with E-state index in [0.29, 0.717) is 23.2 Å². The van der Waals surface area contributed by atoms with Crippen molar-refractivity contribution in [1.82, 2.24) is 25.4 Å². The Kier molecular flexibility index (Phi) is 5.48. The number of nitrogens with one attached hydrogen (secondary N) is 1. The second kappa shape index (κ2) is 8.36. The number of carbonyl (C=O) groups excluding carboxylic acids is 1. The van der Waals surface area contributed by atoms with E-state index in [-0.39, 0.29) is 18.2 Å². The highest BCUT2D eigenvalue weighted by Gasteiger charge is 2.25. The van der Waals surface area contributed by atoms with Gasteiger partial charge in [0.05, 0.1) is 18.4 Å². The number of furan rings is 1. The molecule has 0 radical (unpaired) electrons. The third-order valence-corrected chi connectivity index (χ3v) is 5.16. The normalized spacial score (nSPS) is 12.2. The lowest BCUT2D eigenvalue weighted by Gasteiger charge is -2.18. The van der Waals surface area contributed by atoms with E-state index in [1.807, 2.05) is 25.3 Å². The summed E-state index contributed by atoms with van der Waals surface area (Å²) in [5, 5.41) is 9.61. The van der Waals surface area contributed by atoms with E-state index in [2.05, 4.69) is 25.4 Å². The third-order valence-electron chi connectivity index (χ3n) is 4.25. The first-order valence-corrected chi connectivity index (χ1v) is 10.00. The second-order valence-electron chi connectivity index (χ2n) is 6.78. The second-order valence-corrected chi connectivity index (χ2v) is 7.64. The fourth-order valence-corrected chi connectivity index (χ4v) is 3.57. The van der Waals surface area contributed by atoms with Crippen molar-refractivity contribution in [3.8, 4) is 22.2 Å². The maximum absolute atomic E-state index is 12.6. The monoisotopic (exact) mass is 409 g/mol. The van der Waals surface area contributed by atoms with Gasteiger partial charge >= 0.3 is 0 Å². The summed E-state index contributed by atoms with van der Waals surface area (Å²) in [5.74, 6) is 1.43. The number of amides is 1. The summed E-state index contributed by atoms with van der Waals surface area (Å²) < 4.78 is 10.8. The molecule has 29 heavy (non-hydrogen) atoms. The lowest BCUT2D eigenvalue weighted by Crippen LogP contribution is -2.33. The van der Waals surface area contributed by atoms with E-state index in [1.54, 1.807) is 36.9 Å². The van der Waals surface area contributed by atoms with Gasteiger partial charge in [0.15, 0.2) is 10.8 Å². The van der Waals surface area contributed by atoms with Crippen molar-refractivity contribution in [2.75, 3.05) is 0 Å². The van der Waals surface area contributed by atoms with Crippen LogP contribution in [0.3, 0.4) is 0 Å². The number of hydrogen-bond acceptors (Lipinski definition) is 8. The average Bonchev–Trinajstić information content (AvgIpc) is 3.47. The Bertz CT molecular complexity index is 1070. The molecule has 8 nitrogen and oxygen atoms in total. The van der Waals surface area contributed by atoms with Gasteiger partial charge in [-0.1, -0.05) is 19.0 Å². The average molecular weight is 409 g/mol. The smallest absolute Gasteiger partial charge is 0.249 e. The zero-order valence-corrected chi connectivity index (χ0v) is 16.7. The Morgan fingerprint density at radius 1 is 1.21 bits per heavy atom. The molecular weight excluding hydrogens is 390 g/mol. The van der Waals surface area contributed by atoms with Crippen LogP contribution in [0.15, 0.2) is 57.2 Å². The van der Waals surface area contributed by atoms with Gasteiger partial charge in [-0.15, -0.1) is 11.3 Å². The quantitative estimate of drug-likeness (QED) is 0.493. The molecule has 0 saturated carbocycles. The zero-order chi connectivity index (χ0) is 20.2. The van der Waals surface area contributed by atoms with Gasteiger partial charge in [-0.3, -0.25) is 9.78 Å². The Balaban J connectivity index is 1.45. The zero-order valence-electron chi connectivity index (χ0n) is 15.9. The third kappa shape index (κ3) is 4.40. The van der Waals surface area contributed by atoms with E-state index in [4.69, 9.17) is 8.94 Å². The van der Waals surface area contributed by atoms with Crippen molar-refractivity contribution < 1.29 is 13.7 Å². The Morgan fingerprint density at radius 3 is 2.76 bits per heavy atom. The number of rotatable bonds is 7. The summed E-state index contributed by atoms with van der Waals surface area (Å²) in [6, 6.07) is 6.86. The van der Waals surface area contributed by atoms with Crippen molar-refractivity contribution in [3.05, 3.63) is 59.9 Å². The van der Waals surface area contributed by atoms with E-state index in [0.717, 1.165) is 10.6 Å². The predicted octanol–water partition coefficient (Wildman–Crippen LogP) is 3.90. The highest BCUT2D eigenvalue weighted by Crippen LogP contribution is 2.25. The molecule has 0 aliphatic rings. The van der Waals surface area contributed by atoms with Gasteiger partial charge in [-0.05, 0) is 30.2 Å². The fraction of sp³-hybridized carbons (Fsp3) is 0.250. The standard InChI is InChI=1S/C20H19N5O3S/c1-12(2)17(19-24-18(25-28-19)13-5-7-21-8-6-13)23-16(26)10-14-11-29-20(22-14)15-4-3-9-27-15/h3-9,11-12,17H,10H2,1-2H3,(H,23,26). The highest BCUT2D eigenvalue weighted by molar-refractivity contribution is 7.13. The van der Waals surface area contributed by atoms with Crippen LogP contribution in [0.4, 0.5) is 0 Å². The molecule has 0 saturated heterocycles. The summed E-state index contributed by atoms with van der Waals surface area (Å²) >= 11 is 1.44. The number of thiazole rings is 1. The van der Waals surface area contributed by atoms with E-state index in [1.165, 1.54) is 11.3 Å². The lowest BCUT2D eigenvalue weighted by atomic mass is 10.0. The molecule has 1 atom stereocenters. The van der Waals surface area contributed by atoms with Crippen molar-refractivity contribution in [3.63, 3.8) is 0 Å². The molecular formula is C20H19N5O3S. The minimum atomic E-state index is -0.395. The minimum absolute atomic E-state index is 0.0683. The molecule has 0 aliphatic carbocycles. The van der Waals surface area contributed by atoms with Crippen LogP contribution in [0.1, 0.15) is 31.5 Å². The Labute approximate surface area is 171 Å². The van der Waals surface area contributed by atoms with Gasteiger partial charge < -0.3 is 14.3 Å². The molecule has 9 heteroatoms. The number of nitrogens with zero attached hydrogens (tertiary/aromatic N) is 4. The maximum Gasteiger partial charge on any atom is 0.249 e.